The fourth-order valence-corrected chi connectivity index (χ4v) is 2.01. The molecule has 0 aliphatic heterocycles. The Kier molecular flexibility index (Phi) is 5.29. The van der Waals surface area contributed by atoms with E-state index in [1.807, 2.05) is 20.8 Å². The van der Waals surface area contributed by atoms with Crippen molar-refractivity contribution in [1.82, 2.24) is 10.3 Å². The summed E-state index contributed by atoms with van der Waals surface area (Å²) < 4.78 is 4.88. The maximum absolute atomic E-state index is 11.7. The number of hydrogen-bond acceptors (Lipinski definition) is 6. The van der Waals surface area contributed by atoms with Crippen molar-refractivity contribution in [2.24, 2.45) is 0 Å². The first-order valence-corrected chi connectivity index (χ1v) is 6.87. The number of hydrogen-bond donors (Lipinski definition) is 2. The van der Waals surface area contributed by atoms with Gasteiger partial charge in [-0.05, 0) is 27.7 Å². The lowest BCUT2D eigenvalue weighted by atomic mass is 10.1. The molecule has 0 saturated carbocycles. The molecule has 106 valence electrons. The van der Waals surface area contributed by atoms with E-state index in [9.17, 15) is 9.59 Å². The molecule has 0 aliphatic rings. The van der Waals surface area contributed by atoms with E-state index in [0.29, 0.717) is 11.6 Å². The van der Waals surface area contributed by atoms with Crippen molar-refractivity contribution in [3.8, 4) is 0 Å². The van der Waals surface area contributed by atoms with Crippen LogP contribution in [0.2, 0.25) is 0 Å². The highest BCUT2D eigenvalue weighted by atomic mass is 32.1. The zero-order chi connectivity index (χ0) is 14.5. The average molecular weight is 285 g/mol. The lowest BCUT2D eigenvalue weighted by Crippen LogP contribution is -2.43. The first-order chi connectivity index (χ1) is 8.83. The number of carbonyl (C=O) groups is 2. The maximum atomic E-state index is 11.7. The summed E-state index contributed by atoms with van der Waals surface area (Å²) in [6, 6.07) is 0. The average Bonchev–Trinajstić information content (AvgIpc) is 2.72. The molecular formula is C12H19N3O3S. The molecule has 1 aromatic heterocycles. The molecule has 0 fully saturated rings. The van der Waals surface area contributed by atoms with Crippen LogP contribution in [0.3, 0.4) is 0 Å². The molecular weight excluding hydrogens is 266 g/mol. The number of aromatic nitrogens is 1. The van der Waals surface area contributed by atoms with Gasteiger partial charge in [-0.15, -0.1) is 11.3 Å². The predicted molar refractivity (Wildman–Crippen MR) is 74.5 cm³/mol. The van der Waals surface area contributed by atoms with Gasteiger partial charge in [0.2, 0.25) is 5.91 Å². The van der Waals surface area contributed by atoms with E-state index >= 15 is 0 Å². The van der Waals surface area contributed by atoms with Crippen LogP contribution in [-0.2, 0) is 9.53 Å². The molecule has 0 aliphatic carbocycles. The molecule has 0 spiro atoms. The molecule has 0 bridgehead atoms. The van der Waals surface area contributed by atoms with Gasteiger partial charge < -0.3 is 15.4 Å². The second-order valence-corrected chi connectivity index (χ2v) is 5.76. The standard InChI is InChI=1S/C12H19N3O3S/c1-5-18-11(17)9-10(19-7-14-9)13-6-8(16)15-12(2,3)4/h7,13H,5-6H2,1-4H3,(H,15,16). The van der Waals surface area contributed by atoms with Crippen molar-refractivity contribution in [3.63, 3.8) is 0 Å². The summed E-state index contributed by atoms with van der Waals surface area (Å²) in [5.41, 5.74) is 1.47. The summed E-state index contributed by atoms with van der Waals surface area (Å²) in [5.74, 6) is -0.627. The minimum atomic E-state index is -0.484. The van der Waals surface area contributed by atoms with Crippen molar-refractivity contribution in [2.45, 2.75) is 33.2 Å². The zero-order valence-electron chi connectivity index (χ0n) is 11.6. The maximum Gasteiger partial charge on any atom is 0.360 e. The summed E-state index contributed by atoms with van der Waals surface area (Å²) in [6.45, 7) is 7.82. The fourth-order valence-electron chi connectivity index (χ4n) is 1.34. The third-order valence-corrected chi connectivity index (χ3v) is 2.74. The van der Waals surface area contributed by atoms with Crippen LogP contribution in [0, 0.1) is 0 Å². The fraction of sp³-hybridized carbons (Fsp3) is 0.583. The summed E-state index contributed by atoms with van der Waals surface area (Å²) in [5, 5.41) is 6.26. The Bertz CT molecular complexity index is 451. The predicted octanol–water partition coefficient (Wildman–Crippen LogP) is 1.65. The second kappa shape index (κ2) is 6.51. The molecule has 0 unspecified atom stereocenters. The van der Waals surface area contributed by atoms with Crippen LogP contribution in [0.4, 0.5) is 5.00 Å². The van der Waals surface area contributed by atoms with E-state index in [-0.39, 0.29) is 23.7 Å². The Morgan fingerprint density at radius 1 is 1.42 bits per heavy atom. The summed E-state index contributed by atoms with van der Waals surface area (Å²) in [4.78, 5) is 27.2. The summed E-state index contributed by atoms with van der Waals surface area (Å²) in [6.07, 6.45) is 0. The molecule has 1 aromatic rings. The number of thiazole rings is 1. The Morgan fingerprint density at radius 2 is 2.11 bits per heavy atom. The third-order valence-electron chi connectivity index (χ3n) is 1.96. The van der Waals surface area contributed by atoms with Crippen LogP contribution < -0.4 is 10.6 Å². The van der Waals surface area contributed by atoms with E-state index in [4.69, 9.17) is 4.74 Å². The Morgan fingerprint density at radius 3 is 2.68 bits per heavy atom. The molecule has 19 heavy (non-hydrogen) atoms. The Hall–Kier alpha value is -1.63. The van der Waals surface area contributed by atoms with Crippen LogP contribution in [0.15, 0.2) is 5.51 Å². The second-order valence-electron chi connectivity index (χ2n) is 4.90. The van der Waals surface area contributed by atoms with Gasteiger partial charge in [-0.25, -0.2) is 9.78 Å². The zero-order valence-corrected chi connectivity index (χ0v) is 12.4. The molecule has 1 rings (SSSR count). The van der Waals surface area contributed by atoms with E-state index in [1.54, 1.807) is 6.92 Å². The lowest BCUT2D eigenvalue weighted by Gasteiger charge is -2.20. The van der Waals surface area contributed by atoms with Gasteiger partial charge in [0.15, 0.2) is 5.69 Å². The minimum Gasteiger partial charge on any atom is -0.461 e. The number of nitrogens with zero attached hydrogens (tertiary/aromatic N) is 1. The molecule has 7 heteroatoms. The van der Waals surface area contributed by atoms with Crippen LogP contribution in [-0.4, -0.2) is 35.6 Å². The normalized spacial score (nSPS) is 10.9. The van der Waals surface area contributed by atoms with E-state index in [1.165, 1.54) is 16.8 Å². The summed E-state index contributed by atoms with van der Waals surface area (Å²) >= 11 is 1.26. The molecule has 0 atom stereocenters. The lowest BCUT2D eigenvalue weighted by molar-refractivity contribution is -0.120. The minimum absolute atomic E-state index is 0.0892. The number of esters is 1. The highest BCUT2D eigenvalue weighted by Gasteiger charge is 2.18. The van der Waals surface area contributed by atoms with Crippen LogP contribution in [0.1, 0.15) is 38.2 Å². The number of carbonyl (C=O) groups excluding carboxylic acids is 2. The van der Waals surface area contributed by atoms with Crippen LogP contribution >= 0.6 is 11.3 Å². The highest BCUT2D eigenvalue weighted by molar-refractivity contribution is 7.14. The van der Waals surface area contributed by atoms with E-state index < -0.39 is 5.97 Å². The number of nitrogens with one attached hydrogen (secondary N) is 2. The van der Waals surface area contributed by atoms with Crippen molar-refractivity contribution < 1.29 is 14.3 Å². The molecule has 2 N–H and O–H groups in total. The molecule has 1 amide bonds. The first kappa shape index (κ1) is 15.4. The molecule has 0 aromatic carbocycles. The third kappa shape index (κ3) is 5.25. The Balaban J connectivity index is 2.57. The van der Waals surface area contributed by atoms with Gasteiger partial charge in [0, 0.05) is 5.54 Å². The monoisotopic (exact) mass is 285 g/mol. The smallest absolute Gasteiger partial charge is 0.360 e. The van der Waals surface area contributed by atoms with Crippen LogP contribution in [0.5, 0.6) is 0 Å². The molecule has 1 heterocycles. The quantitative estimate of drug-likeness (QED) is 0.804. The Labute approximate surface area is 116 Å². The topological polar surface area (TPSA) is 80.3 Å². The van der Waals surface area contributed by atoms with Gasteiger partial charge in [0.25, 0.3) is 0 Å². The van der Waals surface area contributed by atoms with Crippen LogP contribution in [0.25, 0.3) is 0 Å². The van der Waals surface area contributed by atoms with Crippen molar-refractivity contribution in [2.75, 3.05) is 18.5 Å². The van der Waals surface area contributed by atoms with Gasteiger partial charge in [-0.2, -0.15) is 0 Å². The number of anilines is 1. The first-order valence-electron chi connectivity index (χ1n) is 5.99. The van der Waals surface area contributed by atoms with Crippen molar-refractivity contribution in [3.05, 3.63) is 11.2 Å². The van der Waals surface area contributed by atoms with Gasteiger partial charge in [-0.1, -0.05) is 0 Å². The van der Waals surface area contributed by atoms with Gasteiger partial charge >= 0.3 is 5.97 Å². The number of ether oxygens (including phenoxy) is 1. The molecule has 0 radical (unpaired) electrons. The van der Waals surface area contributed by atoms with E-state index in [0.717, 1.165) is 0 Å². The van der Waals surface area contributed by atoms with Gasteiger partial charge in [0.05, 0.1) is 18.7 Å². The SMILES string of the molecule is CCOC(=O)c1ncsc1NCC(=O)NC(C)(C)C. The number of rotatable bonds is 5. The molecule has 0 saturated heterocycles. The van der Waals surface area contributed by atoms with Gasteiger partial charge in [0.1, 0.15) is 5.00 Å². The molecule has 6 nitrogen and oxygen atoms in total. The largest absolute Gasteiger partial charge is 0.461 e. The summed E-state index contributed by atoms with van der Waals surface area (Å²) in [7, 11) is 0. The van der Waals surface area contributed by atoms with Crippen molar-refractivity contribution in [1.29, 1.82) is 0 Å². The number of amides is 1. The van der Waals surface area contributed by atoms with E-state index in [2.05, 4.69) is 15.6 Å². The van der Waals surface area contributed by atoms with Gasteiger partial charge in [-0.3, -0.25) is 4.79 Å². The van der Waals surface area contributed by atoms with Crippen molar-refractivity contribution >= 4 is 28.2 Å². The highest BCUT2D eigenvalue weighted by Crippen LogP contribution is 2.20.